The maximum atomic E-state index is 12.6. The van der Waals surface area contributed by atoms with Crippen LogP contribution in [0, 0.1) is 16.0 Å². The molecule has 0 radical (unpaired) electrons. The highest BCUT2D eigenvalue weighted by Crippen LogP contribution is 2.28. The predicted molar refractivity (Wildman–Crippen MR) is 61.5 cm³/mol. The first-order chi connectivity index (χ1) is 9.25. The normalized spacial score (nSPS) is 13.8. The summed E-state index contributed by atoms with van der Waals surface area (Å²) in [5.41, 5.74) is 4.61. The van der Waals surface area contributed by atoms with E-state index in [1.165, 1.54) is 12.1 Å². The molecule has 1 rings (SSSR count). The number of alkyl halides is 3. The zero-order valence-corrected chi connectivity index (χ0v) is 9.87. The van der Waals surface area contributed by atoms with Gasteiger partial charge < -0.3 is 15.7 Å². The second kappa shape index (κ2) is 6.08. The molecule has 1 atom stereocenters. The van der Waals surface area contributed by atoms with Crippen molar-refractivity contribution in [1.82, 2.24) is 0 Å². The summed E-state index contributed by atoms with van der Waals surface area (Å²) in [7, 11) is 0. The van der Waals surface area contributed by atoms with Crippen molar-refractivity contribution in [2.75, 3.05) is 6.61 Å². The number of hydrogen-bond acceptors (Lipinski definition) is 5. The Bertz CT molecular complexity index is 519. The molecule has 0 saturated carbocycles. The number of non-ortho nitro benzene ring substituents is 1. The van der Waals surface area contributed by atoms with Gasteiger partial charge in [-0.2, -0.15) is 13.2 Å². The van der Waals surface area contributed by atoms with Crippen LogP contribution in [0.3, 0.4) is 0 Å². The predicted octanol–water partition coefficient (Wildman–Crippen LogP) is 1.90. The average molecular weight is 293 g/mol. The van der Waals surface area contributed by atoms with Crippen molar-refractivity contribution >= 4 is 11.5 Å². The molecule has 110 valence electrons. The lowest BCUT2D eigenvalue weighted by molar-refractivity contribution is -0.384. The topological polar surface area (TPSA) is 111 Å². The van der Waals surface area contributed by atoms with Crippen LogP contribution in [0.15, 0.2) is 29.4 Å². The number of halogens is 3. The highest BCUT2D eigenvalue weighted by molar-refractivity contribution is 5.83. The van der Waals surface area contributed by atoms with Gasteiger partial charge in [-0.05, 0) is 6.07 Å². The maximum absolute atomic E-state index is 12.6. The van der Waals surface area contributed by atoms with Gasteiger partial charge in [0.25, 0.3) is 5.69 Å². The number of rotatable bonds is 5. The highest BCUT2D eigenvalue weighted by atomic mass is 19.4. The molecule has 1 aromatic rings. The SMILES string of the molecule is N/C(=N/O)C(COc1cccc([N+](=O)[O-])c1)C(F)(F)F. The Morgan fingerprint density at radius 3 is 2.70 bits per heavy atom. The third kappa shape index (κ3) is 4.00. The Hall–Kier alpha value is -2.52. The molecule has 20 heavy (non-hydrogen) atoms. The molecular formula is C10H10F3N3O4. The third-order valence-electron chi connectivity index (χ3n) is 2.31. The number of nitrogens with two attached hydrogens (primary N) is 1. The molecule has 0 heterocycles. The van der Waals surface area contributed by atoms with Gasteiger partial charge in [0.15, 0.2) is 5.84 Å². The Balaban J connectivity index is 2.83. The molecule has 0 bridgehead atoms. The molecule has 0 aliphatic carbocycles. The molecule has 10 heteroatoms. The molecular weight excluding hydrogens is 283 g/mol. The molecule has 0 aliphatic heterocycles. The Morgan fingerprint density at radius 2 is 2.20 bits per heavy atom. The van der Waals surface area contributed by atoms with Crippen LogP contribution in [0.4, 0.5) is 18.9 Å². The number of amidine groups is 1. The van der Waals surface area contributed by atoms with Crippen molar-refractivity contribution in [2.24, 2.45) is 16.8 Å². The van der Waals surface area contributed by atoms with Crippen LogP contribution in [0.2, 0.25) is 0 Å². The van der Waals surface area contributed by atoms with Gasteiger partial charge in [0, 0.05) is 6.07 Å². The van der Waals surface area contributed by atoms with E-state index in [9.17, 15) is 23.3 Å². The summed E-state index contributed by atoms with van der Waals surface area (Å²) in [6.45, 7) is -0.958. The lowest BCUT2D eigenvalue weighted by Crippen LogP contribution is -2.40. The lowest BCUT2D eigenvalue weighted by atomic mass is 10.1. The van der Waals surface area contributed by atoms with Gasteiger partial charge in [-0.15, -0.1) is 0 Å². The van der Waals surface area contributed by atoms with Crippen molar-refractivity contribution in [2.45, 2.75) is 6.18 Å². The number of oxime groups is 1. The van der Waals surface area contributed by atoms with Crippen LogP contribution in [0.1, 0.15) is 0 Å². The first-order valence-corrected chi connectivity index (χ1v) is 5.17. The van der Waals surface area contributed by atoms with Gasteiger partial charge in [0.2, 0.25) is 0 Å². The summed E-state index contributed by atoms with van der Waals surface area (Å²) >= 11 is 0. The zero-order valence-electron chi connectivity index (χ0n) is 9.87. The number of nitrogens with zero attached hydrogens (tertiary/aromatic N) is 2. The van der Waals surface area contributed by atoms with E-state index in [1.807, 2.05) is 0 Å². The van der Waals surface area contributed by atoms with E-state index in [4.69, 9.17) is 15.7 Å². The van der Waals surface area contributed by atoms with Gasteiger partial charge >= 0.3 is 6.18 Å². The van der Waals surface area contributed by atoms with Crippen LogP contribution in [0.25, 0.3) is 0 Å². The number of ether oxygens (including phenoxy) is 1. The van der Waals surface area contributed by atoms with E-state index in [-0.39, 0.29) is 11.4 Å². The number of hydrogen-bond donors (Lipinski definition) is 2. The molecule has 0 amide bonds. The smallest absolute Gasteiger partial charge is 0.402 e. The summed E-state index contributed by atoms with van der Waals surface area (Å²) in [6, 6.07) is 4.66. The monoisotopic (exact) mass is 293 g/mol. The largest absolute Gasteiger partial charge is 0.492 e. The van der Waals surface area contributed by atoms with Gasteiger partial charge in [-0.1, -0.05) is 11.2 Å². The standard InChI is InChI=1S/C10H10F3N3O4/c11-10(12,13)8(9(14)15-17)5-20-7-3-1-2-6(4-7)16(18)19/h1-4,8,17H,5H2,(H2,14,15). The van der Waals surface area contributed by atoms with E-state index >= 15 is 0 Å². The van der Waals surface area contributed by atoms with E-state index in [0.29, 0.717) is 0 Å². The van der Waals surface area contributed by atoms with Crippen molar-refractivity contribution in [1.29, 1.82) is 0 Å². The van der Waals surface area contributed by atoms with Crippen molar-refractivity contribution in [3.8, 4) is 5.75 Å². The van der Waals surface area contributed by atoms with Gasteiger partial charge in [0.05, 0.1) is 11.0 Å². The van der Waals surface area contributed by atoms with Gasteiger partial charge in [-0.3, -0.25) is 10.1 Å². The fourth-order valence-corrected chi connectivity index (χ4v) is 1.28. The Labute approximate surface area is 110 Å². The first kappa shape index (κ1) is 15.5. The number of benzene rings is 1. The average Bonchev–Trinajstić information content (AvgIpc) is 2.37. The summed E-state index contributed by atoms with van der Waals surface area (Å²) in [5, 5.41) is 21.1. The zero-order chi connectivity index (χ0) is 15.3. The minimum Gasteiger partial charge on any atom is -0.492 e. The summed E-state index contributed by atoms with van der Waals surface area (Å²) in [6.07, 6.45) is -4.77. The molecule has 0 spiro atoms. The minimum absolute atomic E-state index is 0.126. The van der Waals surface area contributed by atoms with E-state index in [1.54, 1.807) is 0 Å². The van der Waals surface area contributed by atoms with Gasteiger partial charge in [0.1, 0.15) is 18.3 Å². The Kier molecular flexibility index (Phi) is 4.73. The van der Waals surface area contributed by atoms with Crippen LogP contribution in [-0.4, -0.2) is 28.7 Å². The third-order valence-corrected chi connectivity index (χ3v) is 2.31. The second-order valence-corrected chi connectivity index (χ2v) is 3.68. The Morgan fingerprint density at radius 1 is 1.55 bits per heavy atom. The van der Waals surface area contributed by atoms with Crippen molar-refractivity contribution < 1.29 is 28.0 Å². The van der Waals surface area contributed by atoms with E-state index < -0.39 is 29.5 Å². The highest BCUT2D eigenvalue weighted by Gasteiger charge is 2.43. The van der Waals surface area contributed by atoms with E-state index in [2.05, 4.69) is 5.16 Å². The molecule has 1 unspecified atom stereocenters. The lowest BCUT2D eigenvalue weighted by Gasteiger charge is -2.19. The van der Waals surface area contributed by atoms with Crippen LogP contribution in [0.5, 0.6) is 5.75 Å². The fourth-order valence-electron chi connectivity index (χ4n) is 1.28. The molecule has 0 aliphatic rings. The fraction of sp³-hybridized carbons (Fsp3) is 0.300. The molecule has 0 fully saturated rings. The summed E-state index contributed by atoms with van der Waals surface area (Å²) in [4.78, 5) is 9.79. The molecule has 3 N–H and O–H groups in total. The van der Waals surface area contributed by atoms with E-state index in [0.717, 1.165) is 12.1 Å². The first-order valence-electron chi connectivity index (χ1n) is 5.17. The van der Waals surface area contributed by atoms with Crippen LogP contribution < -0.4 is 10.5 Å². The van der Waals surface area contributed by atoms with Crippen LogP contribution in [-0.2, 0) is 0 Å². The summed E-state index contributed by atoms with van der Waals surface area (Å²) in [5.74, 6) is -3.49. The number of nitro benzene ring substituents is 1. The molecule has 7 nitrogen and oxygen atoms in total. The summed E-state index contributed by atoms with van der Waals surface area (Å²) < 4.78 is 42.6. The van der Waals surface area contributed by atoms with Crippen molar-refractivity contribution in [3.63, 3.8) is 0 Å². The minimum atomic E-state index is -4.77. The number of nitro groups is 1. The van der Waals surface area contributed by atoms with Crippen LogP contribution >= 0.6 is 0 Å². The molecule has 0 saturated heterocycles. The van der Waals surface area contributed by atoms with Gasteiger partial charge in [-0.25, -0.2) is 0 Å². The quantitative estimate of drug-likeness (QED) is 0.283. The second-order valence-electron chi connectivity index (χ2n) is 3.68. The molecule has 1 aromatic carbocycles. The van der Waals surface area contributed by atoms with Crippen molar-refractivity contribution in [3.05, 3.63) is 34.4 Å². The maximum Gasteiger partial charge on any atom is 0.402 e. The molecule has 0 aromatic heterocycles.